The number of hydrogen-bond acceptors (Lipinski definition) is 5. The molecule has 110 valence electrons. The predicted octanol–water partition coefficient (Wildman–Crippen LogP) is 1.87. The van der Waals surface area contributed by atoms with Crippen LogP contribution < -0.4 is 5.32 Å². The summed E-state index contributed by atoms with van der Waals surface area (Å²) in [5.41, 5.74) is 0.140. The second-order valence-electron chi connectivity index (χ2n) is 4.72. The van der Waals surface area contributed by atoms with Crippen molar-refractivity contribution in [3.05, 3.63) is 34.1 Å². The SMILES string of the molecule is CCN1CCOC(CNc2cc(F)cc([N+](=O)[O-])c2)C1. The highest BCUT2D eigenvalue weighted by molar-refractivity contribution is 5.51. The molecule has 1 aromatic carbocycles. The Kier molecular flexibility index (Phi) is 4.86. The lowest BCUT2D eigenvalue weighted by atomic mass is 10.2. The van der Waals surface area contributed by atoms with E-state index >= 15 is 0 Å². The van der Waals surface area contributed by atoms with Crippen molar-refractivity contribution >= 4 is 11.4 Å². The molecule has 0 aromatic heterocycles. The topological polar surface area (TPSA) is 67.6 Å². The highest BCUT2D eigenvalue weighted by atomic mass is 19.1. The third kappa shape index (κ3) is 3.88. The van der Waals surface area contributed by atoms with Crippen molar-refractivity contribution in [2.75, 3.05) is 38.1 Å². The van der Waals surface area contributed by atoms with Crippen LogP contribution in [-0.2, 0) is 4.74 Å². The van der Waals surface area contributed by atoms with Crippen LogP contribution >= 0.6 is 0 Å². The molecule has 0 aliphatic carbocycles. The Morgan fingerprint density at radius 2 is 2.35 bits per heavy atom. The number of halogens is 1. The van der Waals surface area contributed by atoms with Crippen molar-refractivity contribution in [2.45, 2.75) is 13.0 Å². The van der Waals surface area contributed by atoms with Crippen LogP contribution in [0.5, 0.6) is 0 Å². The van der Waals surface area contributed by atoms with E-state index in [2.05, 4.69) is 17.1 Å². The maximum absolute atomic E-state index is 13.3. The average molecular weight is 283 g/mol. The number of anilines is 1. The van der Waals surface area contributed by atoms with Crippen LogP contribution in [-0.4, -0.2) is 48.7 Å². The van der Waals surface area contributed by atoms with E-state index in [1.807, 2.05) is 0 Å². The number of ether oxygens (including phenoxy) is 1. The summed E-state index contributed by atoms with van der Waals surface area (Å²) >= 11 is 0. The largest absolute Gasteiger partial charge is 0.382 e. The summed E-state index contributed by atoms with van der Waals surface area (Å²) in [6.07, 6.45) is 0.00558. The number of nitro benzene ring substituents is 1. The molecule has 1 heterocycles. The highest BCUT2D eigenvalue weighted by Gasteiger charge is 2.19. The second kappa shape index (κ2) is 6.62. The van der Waals surface area contributed by atoms with Gasteiger partial charge in [-0.3, -0.25) is 15.0 Å². The van der Waals surface area contributed by atoms with Gasteiger partial charge in [0.25, 0.3) is 5.69 Å². The molecule has 20 heavy (non-hydrogen) atoms. The first-order valence-corrected chi connectivity index (χ1v) is 6.61. The third-order valence-electron chi connectivity index (χ3n) is 3.30. The minimum absolute atomic E-state index is 0.00558. The van der Waals surface area contributed by atoms with Crippen LogP contribution in [0.3, 0.4) is 0 Å². The van der Waals surface area contributed by atoms with Gasteiger partial charge < -0.3 is 10.1 Å². The quantitative estimate of drug-likeness (QED) is 0.660. The standard InChI is InChI=1S/C13H18FN3O3/c1-2-16-3-4-20-13(9-16)8-15-11-5-10(14)6-12(7-11)17(18)19/h5-7,13,15H,2-4,8-9H2,1H3. The van der Waals surface area contributed by atoms with E-state index in [1.54, 1.807) is 0 Å². The molecule has 0 bridgehead atoms. The van der Waals surface area contributed by atoms with Gasteiger partial charge in [-0.2, -0.15) is 0 Å². The Hall–Kier alpha value is -1.73. The van der Waals surface area contributed by atoms with Crippen LogP contribution in [0.25, 0.3) is 0 Å². The average Bonchev–Trinajstić information content (AvgIpc) is 2.44. The minimum Gasteiger partial charge on any atom is -0.382 e. The fourth-order valence-electron chi connectivity index (χ4n) is 2.20. The van der Waals surface area contributed by atoms with Gasteiger partial charge in [0.1, 0.15) is 5.82 Å². The van der Waals surface area contributed by atoms with Gasteiger partial charge >= 0.3 is 0 Å². The van der Waals surface area contributed by atoms with E-state index in [1.165, 1.54) is 12.1 Å². The third-order valence-corrected chi connectivity index (χ3v) is 3.30. The molecule has 1 aromatic rings. The summed E-state index contributed by atoms with van der Waals surface area (Å²) in [4.78, 5) is 12.3. The highest BCUT2D eigenvalue weighted by Crippen LogP contribution is 2.20. The summed E-state index contributed by atoms with van der Waals surface area (Å²) in [7, 11) is 0. The zero-order valence-corrected chi connectivity index (χ0v) is 11.3. The molecule has 1 atom stereocenters. The molecule has 1 N–H and O–H groups in total. The summed E-state index contributed by atoms with van der Waals surface area (Å²) < 4.78 is 18.9. The van der Waals surface area contributed by atoms with Crippen LogP contribution in [0.2, 0.25) is 0 Å². The van der Waals surface area contributed by atoms with Crippen molar-refractivity contribution in [1.82, 2.24) is 4.90 Å². The number of nitro groups is 1. The molecule has 1 aliphatic rings. The Labute approximate surface area is 116 Å². The number of likely N-dealkylation sites (N-methyl/N-ethyl adjacent to an activating group) is 1. The molecule has 0 saturated carbocycles. The summed E-state index contributed by atoms with van der Waals surface area (Å²) in [6, 6.07) is 3.47. The van der Waals surface area contributed by atoms with E-state index in [9.17, 15) is 14.5 Å². The Bertz CT molecular complexity index is 484. The number of nitrogens with one attached hydrogen (secondary N) is 1. The Balaban J connectivity index is 1.95. The van der Waals surface area contributed by atoms with Crippen molar-refractivity contribution < 1.29 is 14.1 Å². The fourth-order valence-corrected chi connectivity index (χ4v) is 2.20. The number of non-ortho nitro benzene ring substituents is 1. The van der Waals surface area contributed by atoms with Crippen molar-refractivity contribution in [3.63, 3.8) is 0 Å². The molecule has 1 aliphatic heterocycles. The zero-order chi connectivity index (χ0) is 14.5. The van der Waals surface area contributed by atoms with Gasteiger partial charge in [0.15, 0.2) is 0 Å². The fraction of sp³-hybridized carbons (Fsp3) is 0.538. The first-order chi connectivity index (χ1) is 9.58. The maximum atomic E-state index is 13.3. The number of benzene rings is 1. The maximum Gasteiger partial charge on any atom is 0.274 e. The molecular weight excluding hydrogens is 265 g/mol. The molecule has 0 spiro atoms. The number of nitrogens with zero attached hydrogens (tertiary/aromatic N) is 2. The van der Waals surface area contributed by atoms with Crippen molar-refractivity contribution in [2.24, 2.45) is 0 Å². The van der Waals surface area contributed by atoms with Crippen LogP contribution in [0.1, 0.15) is 6.92 Å². The number of morpholine rings is 1. The van der Waals surface area contributed by atoms with Gasteiger partial charge in [0.2, 0.25) is 0 Å². The predicted molar refractivity (Wildman–Crippen MR) is 73.4 cm³/mol. The normalized spacial score (nSPS) is 19.8. The second-order valence-corrected chi connectivity index (χ2v) is 4.72. The molecular formula is C13H18FN3O3. The molecule has 0 radical (unpaired) electrons. The van der Waals surface area contributed by atoms with Crippen LogP contribution in [0, 0.1) is 15.9 Å². The van der Waals surface area contributed by atoms with Gasteiger partial charge in [-0.1, -0.05) is 6.92 Å². The van der Waals surface area contributed by atoms with Crippen LogP contribution in [0.15, 0.2) is 18.2 Å². The van der Waals surface area contributed by atoms with Gasteiger partial charge in [-0.25, -0.2) is 4.39 Å². The van der Waals surface area contributed by atoms with E-state index in [-0.39, 0.29) is 11.8 Å². The minimum atomic E-state index is -0.624. The summed E-state index contributed by atoms with van der Waals surface area (Å²) in [5, 5.41) is 13.7. The molecule has 1 saturated heterocycles. The molecule has 2 rings (SSSR count). The number of hydrogen-bond donors (Lipinski definition) is 1. The van der Waals surface area contributed by atoms with Gasteiger partial charge in [-0.05, 0) is 12.6 Å². The molecule has 0 amide bonds. The van der Waals surface area contributed by atoms with Gasteiger partial charge in [0.05, 0.1) is 23.7 Å². The molecule has 6 nitrogen and oxygen atoms in total. The van der Waals surface area contributed by atoms with Crippen LogP contribution in [0.4, 0.5) is 15.8 Å². The van der Waals surface area contributed by atoms with Gasteiger partial charge in [0, 0.05) is 31.4 Å². The van der Waals surface area contributed by atoms with E-state index in [0.29, 0.717) is 18.8 Å². The van der Waals surface area contributed by atoms with E-state index in [0.717, 1.165) is 25.7 Å². The Morgan fingerprint density at radius 3 is 3.05 bits per heavy atom. The van der Waals surface area contributed by atoms with E-state index < -0.39 is 10.7 Å². The van der Waals surface area contributed by atoms with E-state index in [4.69, 9.17) is 4.74 Å². The smallest absolute Gasteiger partial charge is 0.274 e. The molecule has 7 heteroatoms. The first kappa shape index (κ1) is 14.7. The van der Waals surface area contributed by atoms with Crippen molar-refractivity contribution in [1.29, 1.82) is 0 Å². The summed E-state index contributed by atoms with van der Waals surface area (Å²) in [6.45, 7) is 5.94. The molecule has 1 fully saturated rings. The van der Waals surface area contributed by atoms with Crippen molar-refractivity contribution in [3.8, 4) is 0 Å². The number of rotatable bonds is 5. The monoisotopic (exact) mass is 283 g/mol. The lowest BCUT2D eigenvalue weighted by Crippen LogP contribution is -2.45. The van der Waals surface area contributed by atoms with Gasteiger partial charge in [-0.15, -0.1) is 0 Å². The Morgan fingerprint density at radius 1 is 1.55 bits per heavy atom. The molecule has 1 unspecified atom stereocenters. The first-order valence-electron chi connectivity index (χ1n) is 6.61. The zero-order valence-electron chi connectivity index (χ0n) is 11.3. The lowest BCUT2D eigenvalue weighted by molar-refractivity contribution is -0.385. The lowest BCUT2D eigenvalue weighted by Gasteiger charge is -2.32. The summed E-state index contributed by atoms with van der Waals surface area (Å²) in [5.74, 6) is -0.624.